The molecule has 0 spiro atoms. The highest BCUT2D eigenvalue weighted by Gasteiger charge is 2.11. The Morgan fingerprint density at radius 1 is 1.08 bits per heavy atom. The highest BCUT2D eigenvalue weighted by Crippen LogP contribution is 2.10. The molecule has 0 bridgehead atoms. The minimum absolute atomic E-state index is 0.0885. The molecule has 1 aromatic carbocycles. The molecule has 0 atom stereocenters. The molecule has 2 aromatic heterocycles. The molecule has 0 saturated heterocycles. The highest BCUT2D eigenvalue weighted by atomic mass is 19.1. The van der Waals surface area contributed by atoms with E-state index in [9.17, 15) is 9.18 Å². The molecule has 132 valence electrons. The molecular formula is C19H18FN5O. The van der Waals surface area contributed by atoms with E-state index in [0.717, 1.165) is 5.69 Å². The summed E-state index contributed by atoms with van der Waals surface area (Å²) in [7, 11) is 0. The summed E-state index contributed by atoms with van der Waals surface area (Å²) in [6, 6.07) is 13.5. The van der Waals surface area contributed by atoms with E-state index in [2.05, 4.69) is 25.6 Å². The van der Waals surface area contributed by atoms with E-state index in [-0.39, 0.29) is 24.0 Å². The molecule has 2 heterocycles. The van der Waals surface area contributed by atoms with Crippen molar-refractivity contribution in [3.63, 3.8) is 0 Å². The third kappa shape index (κ3) is 4.60. The molecule has 0 aliphatic rings. The predicted octanol–water partition coefficient (Wildman–Crippen LogP) is 2.86. The molecule has 0 radical (unpaired) electrons. The summed E-state index contributed by atoms with van der Waals surface area (Å²) < 4.78 is 13.6. The molecule has 0 unspecified atom stereocenters. The molecule has 0 aliphatic carbocycles. The fourth-order valence-electron chi connectivity index (χ4n) is 2.37. The number of aromatic nitrogens is 3. The first-order valence-corrected chi connectivity index (χ1v) is 8.13. The number of anilines is 1. The molecule has 1 amide bonds. The topological polar surface area (TPSA) is 79.8 Å². The highest BCUT2D eigenvalue weighted by molar-refractivity contribution is 5.92. The van der Waals surface area contributed by atoms with Gasteiger partial charge in [-0.05, 0) is 25.1 Å². The van der Waals surface area contributed by atoms with Gasteiger partial charge in [-0.1, -0.05) is 24.3 Å². The van der Waals surface area contributed by atoms with Gasteiger partial charge in [-0.15, -0.1) is 0 Å². The first-order chi connectivity index (χ1) is 12.6. The van der Waals surface area contributed by atoms with Gasteiger partial charge in [0.25, 0.3) is 5.91 Å². The van der Waals surface area contributed by atoms with Gasteiger partial charge in [0.05, 0.1) is 12.2 Å². The second kappa shape index (κ2) is 8.15. The maximum Gasteiger partial charge on any atom is 0.270 e. The lowest BCUT2D eigenvalue weighted by molar-refractivity contribution is 0.0945. The average Bonchev–Trinajstić information content (AvgIpc) is 2.66. The minimum Gasteiger partial charge on any atom is -0.364 e. The van der Waals surface area contributed by atoms with Crippen LogP contribution in [0.5, 0.6) is 0 Å². The molecule has 2 N–H and O–H groups in total. The smallest absolute Gasteiger partial charge is 0.270 e. The van der Waals surface area contributed by atoms with E-state index < -0.39 is 0 Å². The fraction of sp³-hybridized carbons (Fsp3) is 0.158. The Kier molecular flexibility index (Phi) is 5.48. The predicted molar refractivity (Wildman–Crippen MR) is 95.9 cm³/mol. The van der Waals surface area contributed by atoms with Gasteiger partial charge in [0, 0.05) is 24.4 Å². The Morgan fingerprint density at radius 3 is 2.65 bits per heavy atom. The first kappa shape index (κ1) is 17.5. The number of aryl methyl sites for hydroxylation is 1. The Morgan fingerprint density at radius 2 is 1.88 bits per heavy atom. The Balaban J connectivity index is 1.66. The zero-order valence-corrected chi connectivity index (χ0v) is 14.2. The monoisotopic (exact) mass is 351 g/mol. The Bertz CT molecular complexity index is 901. The van der Waals surface area contributed by atoms with Crippen molar-refractivity contribution < 1.29 is 9.18 Å². The molecule has 3 aromatic rings. The summed E-state index contributed by atoms with van der Waals surface area (Å²) in [5.41, 5.74) is 1.49. The maximum atomic E-state index is 13.6. The summed E-state index contributed by atoms with van der Waals surface area (Å²) in [5, 5.41) is 5.80. The molecule has 0 fully saturated rings. The van der Waals surface area contributed by atoms with E-state index in [1.807, 2.05) is 18.2 Å². The zero-order chi connectivity index (χ0) is 18.4. The lowest BCUT2D eigenvalue weighted by Crippen LogP contribution is -2.25. The number of amides is 1. The van der Waals surface area contributed by atoms with Gasteiger partial charge in [0.15, 0.2) is 0 Å². The molecular weight excluding hydrogens is 333 g/mol. The van der Waals surface area contributed by atoms with Crippen LogP contribution >= 0.6 is 0 Å². The quantitative estimate of drug-likeness (QED) is 0.714. The van der Waals surface area contributed by atoms with Crippen molar-refractivity contribution in [3.8, 4) is 0 Å². The van der Waals surface area contributed by atoms with E-state index >= 15 is 0 Å². The van der Waals surface area contributed by atoms with Crippen molar-refractivity contribution >= 4 is 11.7 Å². The second-order valence-corrected chi connectivity index (χ2v) is 5.63. The molecule has 26 heavy (non-hydrogen) atoms. The first-order valence-electron chi connectivity index (χ1n) is 8.13. The van der Waals surface area contributed by atoms with Gasteiger partial charge < -0.3 is 10.6 Å². The van der Waals surface area contributed by atoms with E-state index in [1.165, 1.54) is 6.07 Å². The van der Waals surface area contributed by atoms with E-state index in [1.54, 1.807) is 37.4 Å². The van der Waals surface area contributed by atoms with Crippen molar-refractivity contribution in [2.24, 2.45) is 0 Å². The number of pyridine rings is 1. The van der Waals surface area contributed by atoms with E-state index in [0.29, 0.717) is 23.8 Å². The summed E-state index contributed by atoms with van der Waals surface area (Å²) in [6.07, 6.45) is 1.71. The number of carbonyl (C=O) groups is 1. The maximum absolute atomic E-state index is 13.6. The third-order valence-electron chi connectivity index (χ3n) is 3.64. The summed E-state index contributed by atoms with van der Waals surface area (Å²) in [5.74, 6) is 0.246. The second-order valence-electron chi connectivity index (χ2n) is 5.63. The van der Waals surface area contributed by atoms with Gasteiger partial charge >= 0.3 is 0 Å². The van der Waals surface area contributed by atoms with Crippen LogP contribution in [0.25, 0.3) is 0 Å². The van der Waals surface area contributed by atoms with Crippen LogP contribution in [0.2, 0.25) is 0 Å². The standard InChI is InChI=1S/C19H18FN5O/c1-13-24-17(19(26)23-11-14-6-2-3-8-16(14)20)10-18(25-13)22-12-15-7-4-5-9-21-15/h2-10H,11-12H2,1H3,(H,23,26)(H,22,24,25). The van der Waals surface area contributed by atoms with Gasteiger partial charge in [0.2, 0.25) is 0 Å². The minimum atomic E-state index is -0.389. The van der Waals surface area contributed by atoms with Gasteiger partial charge in [-0.3, -0.25) is 9.78 Å². The average molecular weight is 351 g/mol. The van der Waals surface area contributed by atoms with Crippen LogP contribution in [0.15, 0.2) is 54.7 Å². The van der Waals surface area contributed by atoms with Crippen LogP contribution in [0.1, 0.15) is 27.6 Å². The third-order valence-corrected chi connectivity index (χ3v) is 3.64. The normalized spacial score (nSPS) is 10.4. The van der Waals surface area contributed by atoms with Gasteiger partial charge in [0.1, 0.15) is 23.2 Å². The number of halogens is 1. The summed E-state index contributed by atoms with van der Waals surface area (Å²) in [6.45, 7) is 2.28. The Labute approximate surface area is 150 Å². The van der Waals surface area contributed by atoms with Crippen LogP contribution in [0.3, 0.4) is 0 Å². The number of carbonyl (C=O) groups excluding carboxylic acids is 1. The van der Waals surface area contributed by atoms with E-state index in [4.69, 9.17) is 0 Å². The van der Waals surface area contributed by atoms with Crippen LogP contribution in [-0.2, 0) is 13.1 Å². The zero-order valence-electron chi connectivity index (χ0n) is 14.2. The van der Waals surface area contributed by atoms with Crippen molar-refractivity contribution in [2.45, 2.75) is 20.0 Å². The largest absolute Gasteiger partial charge is 0.364 e. The lowest BCUT2D eigenvalue weighted by Gasteiger charge is -2.09. The number of nitrogens with zero attached hydrogens (tertiary/aromatic N) is 3. The molecule has 0 saturated carbocycles. The van der Waals surface area contributed by atoms with Crippen LogP contribution in [-0.4, -0.2) is 20.9 Å². The lowest BCUT2D eigenvalue weighted by atomic mass is 10.2. The number of nitrogens with one attached hydrogen (secondary N) is 2. The van der Waals surface area contributed by atoms with Gasteiger partial charge in [-0.25, -0.2) is 14.4 Å². The molecule has 0 aliphatic heterocycles. The van der Waals surface area contributed by atoms with Crippen LogP contribution in [0, 0.1) is 12.7 Å². The van der Waals surface area contributed by atoms with Crippen molar-refractivity contribution in [1.29, 1.82) is 0 Å². The summed E-state index contributed by atoms with van der Waals surface area (Å²) >= 11 is 0. The molecule has 6 nitrogen and oxygen atoms in total. The number of hydrogen-bond donors (Lipinski definition) is 2. The summed E-state index contributed by atoms with van der Waals surface area (Å²) in [4.78, 5) is 25.0. The van der Waals surface area contributed by atoms with Crippen molar-refractivity contribution in [3.05, 3.63) is 83.3 Å². The van der Waals surface area contributed by atoms with Crippen LogP contribution < -0.4 is 10.6 Å². The van der Waals surface area contributed by atoms with Crippen LogP contribution in [0.4, 0.5) is 10.2 Å². The number of rotatable bonds is 6. The number of benzene rings is 1. The van der Waals surface area contributed by atoms with Gasteiger partial charge in [-0.2, -0.15) is 0 Å². The SMILES string of the molecule is Cc1nc(NCc2ccccn2)cc(C(=O)NCc2ccccc2F)n1. The Hall–Kier alpha value is -3.35. The fourth-order valence-corrected chi connectivity index (χ4v) is 2.37. The van der Waals surface area contributed by atoms with Crippen molar-refractivity contribution in [2.75, 3.05) is 5.32 Å². The molecule has 3 rings (SSSR count). The van der Waals surface area contributed by atoms with Crippen molar-refractivity contribution in [1.82, 2.24) is 20.3 Å². The number of hydrogen-bond acceptors (Lipinski definition) is 5. The molecule has 7 heteroatoms.